The summed E-state index contributed by atoms with van der Waals surface area (Å²) in [6, 6.07) is -0.624. The number of allylic oxidation sites excluding steroid dienone is 1. The molecule has 0 aromatic carbocycles. The van der Waals surface area contributed by atoms with Gasteiger partial charge < -0.3 is 20.3 Å². The predicted molar refractivity (Wildman–Crippen MR) is 426 cm³/mol. The molecule has 6 heteroatoms. The molecule has 3 N–H and O–H groups in total. The van der Waals surface area contributed by atoms with Gasteiger partial charge in [-0.15, -0.1) is 0 Å². The molecule has 2 unspecified atom stereocenters. The largest absolute Gasteiger partial charge is 0.466 e. The van der Waals surface area contributed by atoms with Gasteiger partial charge >= 0.3 is 5.97 Å². The number of aliphatic hydroxyl groups is 2. The number of carbonyl (C=O) groups excluding carboxylic acids is 2. The van der Waals surface area contributed by atoms with E-state index in [0.717, 1.165) is 38.5 Å². The second-order valence-electron chi connectivity index (χ2n) is 31.3. The first-order valence-corrected chi connectivity index (χ1v) is 45.0. The highest BCUT2D eigenvalue weighted by Gasteiger charge is 2.18. The van der Waals surface area contributed by atoms with Crippen LogP contribution >= 0.6 is 0 Å². The molecule has 0 rings (SSSR count). The summed E-state index contributed by atoms with van der Waals surface area (Å²) in [7, 11) is 0. The maximum absolute atomic E-state index is 12.6. The Bertz CT molecular complexity index is 1470. The molecular formula is C90H177NO5. The third-order valence-electron chi connectivity index (χ3n) is 21.6. The van der Waals surface area contributed by atoms with Gasteiger partial charge in [-0.05, 0) is 32.1 Å². The number of carbonyl (C=O) groups is 2. The van der Waals surface area contributed by atoms with Gasteiger partial charge in [-0.3, -0.25) is 9.59 Å². The first kappa shape index (κ1) is 94.6. The Morgan fingerprint density at radius 2 is 0.479 bits per heavy atom. The van der Waals surface area contributed by atoms with Gasteiger partial charge in [0.05, 0.1) is 25.4 Å². The maximum atomic E-state index is 12.6. The molecule has 0 heterocycles. The highest BCUT2D eigenvalue weighted by Crippen LogP contribution is 2.22. The zero-order valence-corrected chi connectivity index (χ0v) is 65.9. The number of unbranched alkanes of at least 4 members (excludes halogenated alkanes) is 75. The van der Waals surface area contributed by atoms with Gasteiger partial charge in [0, 0.05) is 12.8 Å². The molecule has 0 aromatic heterocycles. The fourth-order valence-corrected chi connectivity index (χ4v) is 14.8. The van der Waals surface area contributed by atoms with Crippen LogP contribution in [0.1, 0.15) is 528 Å². The molecule has 0 radical (unpaired) electrons. The van der Waals surface area contributed by atoms with E-state index in [4.69, 9.17) is 4.74 Å². The van der Waals surface area contributed by atoms with Crippen molar-refractivity contribution in [2.75, 3.05) is 13.2 Å². The molecule has 2 atom stereocenters. The van der Waals surface area contributed by atoms with Crippen molar-refractivity contribution >= 4 is 11.9 Å². The second kappa shape index (κ2) is 86.0. The fourth-order valence-electron chi connectivity index (χ4n) is 14.8. The zero-order valence-electron chi connectivity index (χ0n) is 65.9. The summed E-state index contributed by atoms with van der Waals surface area (Å²) in [5.74, 6) is -0.0265. The molecular weight excluding hydrogens is 1170 g/mol. The zero-order chi connectivity index (χ0) is 69.1. The molecule has 0 bridgehead atoms. The van der Waals surface area contributed by atoms with E-state index in [1.807, 2.05) is 6.08 Å². The molecule has 0 spiro atoms. The summed E-state index contributed by atoms with van der Waals surface area (Å²) in [6.07, 6.45) is 111. The fraction of sp³-hybridized carbons (Fsp3) is 0.956. The number of nitrogens with one attached hydrogen (secondary N) is 1. The first-order valence-electron chi connectivity index (χ1n) is 45.0. The molecule has 0 saturated heterocycles. The van der Waals surface area contributed by atoms with Gasteiger partial charge in [0.15, 0.2) is 0 Å². The van der Waals surface area contributed by atoms with Gasteiger partial charge in [-0.2, -0.15) is 0 Å². The highest BCUT2D eigenvalue weighted by atomic mass is 16.5. The monoisotopic (exact) mass is 1350 g/mol. The standard InChI is InChI=1S/C90H177NO5/c1-3-5-7-9-11-13-15-17-19-21-23-24-40-43-47-50-54-58-62-66-70-74-78-82-88(93)87(86-92)91-89(94)83-79-75-71-67-63-59-55-51-48-44-41-38-36-34-32-30-28-26-25-27-29-31-33-35-37-39-42-45-49-53-57-61-65-69-73-77-81-85-96-90(95)84-80-76-72-68-64-60-56-52-46-22-20-18-16-14-12-10-8-6-4-2/h78,82,87-88,92-93H,3-77,79-81,83-86H2,1-2H3,(H,91,94)/b82-78+. The van der Waals surface area contributed by atoms with E-state index < -0.39 is 12.1 Å². The van der Waals surface area contributed by atoms with Gasteiger partial charge in [0.25, 0.3) is 0 Å². The highest BCUT2D eigenvalue weighted by molar-refractivity contribution is 5.76. The number of ether oxygens (including phenoxy) is 1. The summed E-state index contributed by atoms with van der Waals surface area (Å²) in [5, 5.41) is 23.3. The van der Waals surface area contributed by atoms with E-state index in [-0.39, 0.29) is 18.5 Å². The van der Waals surface area contributed by atoms with Crippen LogP contribution in [0.5, 0.6) is 0 Å². The summed E-state index contributed by atoms with van der Waals surface area (Å²) in [6.45, 7) is 4.98. The van der Waals surface area contributed by atoms with Crippen LogP contribution in [0.15, 0.2) is 12.2 Å². The Labute approximate surface area is 603 Å². The van der Waals surface area contributed by atoms with Crippen LogP contribution in [-0.4, -0.2) is 47.4 Å². The minimum absolute atomic E-state index is 0.0296. The van der Waals surface area contributed by atoms with Crippen LogP contribution in [0, 0.1) is 0 Å². The van der Waals surface area contributed by atoms with Gasteiger partial charge in [0.1, 0.15) is 0 Å². The van der Waals surface area contributed by atoms with Crippen LogP contribution in [-0.2, 0) is 14.3 Å². The van der Waals surface area contributed by atoms with Crippen LogP contribution in [0.25, 0.3) is 0 Å². The van der Waals surface area contributed by atoms with Crippen molar-refractivity contribution in [3.63, 3.8) is 0 Å². The molecule has 96 heavy (non-hydrogen) atoms. The van der Waals surface area contributed by atoms with E-state index in [1.54, 1.807) is 6.08 Å². The predicted octanol–water partition coefficient (Wildman–Crippen LogP) is 30.2. The maximum Gasteiger partial charge on any atom is 0.305 e. The van der Waals surface area contributed by atoms with E-state index in [9.17, 15) is 19.8 Å². The number of hydrogen-bond acceptors (Lipinski definition) is 5. The van der Waals surface area contributed by atoms with E-state index in [2.05, 4.69) is 19.2 Å². The molecule has 0 aliphatic rings. The molecule has 0 aromatic rings. The quantitative estimate of drug-likeness (QED) is 0.0320. The number of hydrogen-bond donors (Lipinski definition) is 3. The van der Waals surface area contributed by atoms with Crippen LogP contribution < -0.4 is 5.32 Å². The normalized spacial score (nSPS) is 12.4. The minimum Gasteiger partial charge on any atom is -0.466 e. The molecule has 0 saturated carbocycles. The Morgan fingerprint density at radius 1 is 0.281 bits per heavy atom. The Hall–Kier alpha value is -1.40. The van der Waals surface area contributed by atoms with Crippen LogP contribution in [0.4, 0.5) is 0 Å². The number of amides is 1. The average molecular weight is 1350 g/mol. The van der Waals surface area contributed by atoms with Crippen molar-refractivity contribution in [2.24, 2.45) is 0 Å². The van der Waals surface area contributed by atoms with Crippen molar-refractivity contribution in [1.82, 2.24) is 5.32 Å². The second-order valence-corrected chi connectivity index (χ2v) is 31.3. The van der Waals surface area contributed by atoms with Gasteiger partial charge in [-0.1, -0.05) is 495 Å². The number of esters is 1. The summed E-state index contributed by atoms with van der Waals surface area (Å²) in [4.78, 5) is 24.7. The lowest BCUT2D eigenvalue weighted by Gasteiger charge is -2.20. The lowest BCUT2D eigenvalue weighted by molar-refractivity contribution is -0.143. The van der Waals surface area contributed by atoms with Crippen molar-refractivity contribution in [3.05, 3.63) is 12.2 Å². The summed E-state index contributed by atoms with van der Waals surface area (Å²) < 4.78 is 5.53. The third-order valence-corrected chi connectivity index (χ3v) is 21.6. The lowest BCUT2D eigenvalue weighted by Crippen LogP contribution is -2.45. The number of rotatable bonds is 86. The first-order chi connectivity index (χ1) is 47.5. The van der Waals surface area contributed by atoms with E-state index in [0.29, 0.717) is 19.4 Å². The topological polar surface area (TPSA) is 95.9 Å². The van der Waals surface area contributed by atoms with Crippen molar-refractivity contribution < 1.29 is 24.5 Å². The average Bonchev–Trinajstić information content (AvgIpc) is 3.77. The Balaban J connectivity index is 3.31. The lowest BCUT2D eigenvalue weighted by atomic mass is 10.0. The molecule has 0 aliphatic heterocycles. The SMILES string of the molecule is CCCCCCCCCCCCCCCCCCCCCCC/C=C/C(O)C(CO)NC(=O)CCCCCCCCCCCCCCCCCCCCCCCCCCCCCCCCCCCCCCCOC(=O)CCCCCCCCCCCCCCCCCCCCC. The summed E-state index contributed by atoms with van der Waals surface area (Å²) in [5.41, 5.74) is 0. The van der Waals surface area contributed by atoms with Crippen LogP contribution in [0.3, 0.4) is 0 Å². The smallest absolute Gasteiger partial charge is 0.305 e. The minimum atomic E-state index is -0.841. The van der Waals surface area contributed by atoms with E-state index >= 15 is 0 Å². The van der Waals surface area contributed by atoms with Crippen molar-refractivity contribution in [1.29, 1.82) is 0 Å². The molecule has 1 amide bonds. The Kier molecular flexibility index (Phi) is 84.8. The number of aliphatic hydroxyl groups excluding tert-OH is 2. The molecule has 6 nitrogen and oxygen atoms in total. The molecule has 572 valence electrons. The molecule has 0 aliphatic carbocycles. The summed E-state index contributed by atoms with van der Waals surface area (Å²) >= 11 is 0. The Morgan fingerprint density at radius 3 is 0.708 bits per heavy atom. The molecule has 0 fully saturated rings. The van der Waals surface area contributed by atoms with Gasteiger partial charge in [0.2, 0.25) is 5.91 Å². The van der Waals surface area contributed by atoms with Gasteiger partial charge in [-0.25, -0.2) is 0 Å². The van der Waals surface area contributed by atoms with Crippen molar-refractivity contribution in [2.45, 2.75) is 540 Å². The van der Waals surface area contributed by atoms with Crippen molar-refractivity contribution in [3.8, 4) is 0 Å². The van der Waals surface area contributed by atoms with E-state index in [1.165, 1.54) is 462 Å². The van der Waals surface area contributed by atoms with Crippen LogP contribution in [0.2, 0.25) is 0 Å². The third kappa shape index (κ3) is 81.6.